The highest BCUT2D eigenvalue weighted by Crippen LogP contribution is 2.19. The highest BCUT2D eigenvalue weighted by Gasteiger charge is 2.15. The summed E-state index contributed by atoms with van der Waals surface area (Å²) in [6, 6.07) is 3.92. The van der Waals surface area contributed by atoms with Crippen molar-refractivity contribution in [3.8, 4) is 0 Å². The zero-order valence-corrected chi connectivity index (χ0v) is 12.2. The molecule has 0 aliphatic carbocycles. The van der Waals surface area contributed by atoms with Gasteiger partial charge < -0.3 is 4.57 Å². The summed E-state index contributed by atoms with van der Waals surface area (Å²) in [5.41, 5.74) is 5.13. The van der Waals surface area contributed by atoms with Gasteiger partial charge in [0.15, 0.2) is 5.78 Å². The topological polar surface area (TPSA) is 34.9 Å². The molecule has 2 heterocycles. The number of hydrogen-bond donors (Lipinski definition) is 0. The van der Waals surface area contributed by atoms with Crippen LogP contribution in [0, 0.1) is 20.8 Å². The molecule has 0 saturated carbocycles. The molecule has 0 aliphatic rings. The maximum Gasteiger partial charge on any atom is 0.179 e. The Labute approximate surface area is 118 Å². The average Bonchev–Trinajstić information content (AvgIpc) is 2.68. The Bertz CT molecular complexity index is 617. The van der Waals surface area contributed by atoms with E-state index in [-0.39, 0.29) is 11.7 Å². The number of carbonyl (C=O) groups excluding carboxylic acids is 1. The third-order valence-electron chi connectivity index (χ3n) is 3.46. The van der Waals surface area contributed by atoms with Crippen molar-refractivity contribution < 1.29 is 4.79 Å². The van der Waals surface area contributed by atoms with E-state index in [0.29, 0.717) is 0 Å². The summed E-state index contributed by atoms with van der Waals surface area (Å²) in [5, 5.41) is 0. The summed E-state index contributed by atoms with van der Waals surface area (Å²) in [6.45, 7) is 6.76. The smallest absolute Gasteiger partial charge is 0.179 e. The Morgan fingerprint density at radius 2 is 2.11 bits per heavy atom. The van der Waals surface area contributed by atoms with Gasteiger partial charge in [-0.05, 0) is 44.0 Å². The van der Waals surface area contributed by atoms with E-state index in [1.807, 2.05) is 39.1 Å². The molecular formula is C15H17ClN2O. The predicted molar refractivity (Wildman–Crippen MR) is 77.0 cm³/mol. The van der Waals surface area contributed by atoms with Crippen LogP contribution in [0.4, 0.5) is 0 Å². The number of alkyl halides is 1. The number of rotatable bonds is 4. The highest BCUT2D eigenvalue weighted by atomic mass is 35.5. The van der Waals surface area contributed by atoms with Gasteiger partial charge in [0.2, 0.25) is 0 Å². The number of pyridine rings is 1. The fourth-order valence-corrected chi connectivity index (χ4v) is 2.39. The third kappa shape index (κ3) is 2.71. The molecule has 2 aromatic rings. The van der Waals surface area contributed by atoms with Crippen molar-refractivity contribution in [1.29, 1.82) is 0 Å². The number of aryl methyl sites for hydroxylation is 2. The van der Waals surface area contributed by atoms with E-state index in [4.69, 9.17) is 11.6 Å². The van der Waals surface area contributed by atoms with Crippen LogP contribution in [-0.2, 0) is 6.54 Å². The van der Waals surface area contributed by atoms with Crippen LogP contribution < -0.4 is 0 Å². The van der Waals surface area contributed by atoms with E-state index in [9.17, 15) is 4.79 Å². The molecule has 2 rings (SSSR count). The van der Waals surface area contributed by atoms with E-state index in [2.05, 4.69) is 9.55 Å². The molecule has 0 spiro atoms. The lowest BCUT2D eigenvalue weighted by Crippen LogP contribution is -2.07. The Hall–Kier alpha value is -1.61. The predicted octanol–water partition coefficient (Wildman–Crippen LogP) is 3.28. The summed E-state index contributed by atoms with van der Waals surface area (Å²) in [5.74, 6) is 0.00550. The maximum absolute atomic E-state index is 11.8. The van der Waals surface area contributed by atoms with E-state index in [1.165, 1.54) is 5.56 Å². The van der Waals surface area contributed by atoms with Crippen LogP contribution >= 0.6 is 11.6 Å². The van der Waals surface area contributed by atoms with Crippen molar-refractivity contribution in [3.05, 3.63) is 52.6 Å². The molecule has 19 heavy (non-hydrogen) atoms. The lowest BCUT2D eigenvalue weighted by molar-refractivity contribution is 0.102. The Kier molecular flexibility index (Phi) is 4.05. The molecule has 0 radical (unpaired) electrons. The van der Waals surface area contributed by atoms with Crippen LogP contribution in [-0.4, -0.2) is 21.2 Å². The minimum Gasteiger partial charge on any atom is -0.344 e. The molecule has 0 saturated heterocycles. The minimum absolute atomic E-state index is 0.0209. The third-order valence-corrected chi connectivity index (χ3v) is 3.70. The van der Waals surface area contributed by atoms with Gasteiger partial charge in [-0.25, -0.2) is 0 Å². The summed E-state index contributed by atoms with van der Waals surface area (Å²) < 4.78 is 2.14. The van der Waals surface area contributed by atoms with Gasteiger partial charge in [-0.1, -0.05) is 0 Å². The molecular weight excluding hydrogens is 260 g/mol. The van der Waals surface area contributed by atoms with Gasteiger partial charge in [-0.15, -0.1) is 11.6 Å². The molecule has 0 fully saturated rings. The Morgan fingerprint density at radius 1 is 1.37 bits per heavy atom. The van der Waals surface area contributed by atoms with Gasteiger partial charge >= 0.3 is 0 Å². The molecule has 0 amide bonds. The largest absolute Gasteiger partial charge is 0.344 e. The Morgan fingerprint density at radius 3 is 2.74 bits per heavy atom. The molecule has 3 nitrogen and oxygen atoms in total. The molecule has 0 bridgehead atoms. The second kappa shape index (κ2) is 5.57. The summed E-state index contributed by atoms with van der Waals surface area (Å²) in [6.07, 6.45) is 3.65. The van der Waals surface area contributed by atoms with Crippen LogP contribution in [0.25, 0.3) is 0 Å². The van der Waals surface area contributed by atoms with Gasteiger partial charge in [0.05, 0.1) is 5.88 Å². The van der Waals surface area contributed by atoms with Crippen molar-refractivity contribution in [2.75, 3.05) is 5.88 Å². The molecule has 2 aromatic heterocycles. The zero-order valence-electron chi connectivity index (χ0n) is 11.4. The van der Waals surface area contributed by atoms with Crippen LogP contribution in [0.3, 0.4) is 0 Å². The number of halogens is 1. The summed E-state index contributed by atoms with van der Waals surface area (Å²) >= 11 is 5.64. The van der Waals surface area contributed by atoms with Crippen LogP contribution in [0.15, 0.2) is 24.5 Å². The van der Waals surface area contributed by atoms with Gasteiger partial charge in [0.1, 0.15) is 0 Å². The van der Waals surface area contributed by atoms with Crippen LogP contribution in [0.2, 0.25) is 0 Å². The van der Waals surface area contributed by atoms with Crippen LogP contribution in [0.5, 0.6) is 0 Å². The number of nitrogens with zero attached hydrogens (tertiary/aromatic N) is 2. The maximum atomic E-state index is 11.8. The molecule has 4 heteroatoms. The molecule has 0 N–H and O–H groups in total. The lowest BCUT2D eigenvalue weighted by atomic mass is 10.1. The highest BCUT2D eigenvalue weighted by molar-refractivity contribution is 6.30. The van der Waals surface area contributed by atoms with Crippen molar-refractivity contribution in [2.24, 2.45) is 0 Å². The molecule has 0 aliphatic heterocycles. The molecule has 100 valence electrons. The fraction of sp³-hybridized carbons (Fsp3) is 0.333. The van der Waals surface area contributed by atoms with E-state index >= 15 is 0 Å². The van der Waals surface area contributed by atoms with E-state index in [0.717, 1.165) is 29.1 Å². The second-order valence-corrected chi connectivity index (χ2v) is 5.00. The quantitative estimate of drug-likeness (QED) is 0.634. The van der Waals surface area contributed by atoms with Crippen LogP contribution in [0.1, 0.15) is 32.9 Å². The number of hydrogen-bond acceptors (Lipinski definition) is 2. The first kappa shape index (κ1) is 13.8. The van der Waals surface area contributed by atoms with Gasteiger partial charge in [-0.3, -0.25) is 9.78 Å². The summed E-state index contributed by atoms with van der Waals surface area (Å²) in [7, 11) is 0. The zero-order chi connectivity index (χ0) is 14.0. The van der Waals surface area contributed by atoms with Crippen molar-refractivity contribution in [1.82, 2.24) is 9.55 Å². The number of Topliss-reactive ketones (excluding diaryl/α,β-unsaturated/α-hetero) is 1. The average molecular weight is 277 g/mol. The summed E-state index contributed by atoms with van der Waals surface area (Å²) in [4.78, 5) is 15.9. The normalized spacial score (nSPS) is 10.7. The molecule has 0 unspecified atom stereocenters. The monoisotopic (exact) mass is 276 g/mol. The van der Waals surface area contributed by atoms with Crippen molar-refractivity contribution in [3.63, 3.8) is 0 Å². The first-order valence-electron chi connectivity index (χ1n) is 6.20. The number of aromatic nitrogens is 2. The van der Waals surface area contributed by atoms with E-state index in [1.54, 1.807) is 6.20 Å². The Balaban J connectivity index is 2.39. The minimum atomic E-state index is -0.0209. The first-order chi connectivity index (χ1) is 9.04. The molecule has 0 atom stereocenters. The first-order valence-corrected chi connectivity index (χ1v) is 6.73. The van der Waals surface area contributed by atoms with Gasteiger partial charge in [0.25, 0.3) is 0 Å². The fourth-order valence-electron chi connectivity index (χ4n) is 2.25. The molecule has 0 aromatic carbocycles. The standard InChI is InChI=1S/C15H17ClN2O/c1-10-8-17-5-4-13(10)9-18-11(2)6-14(12(18)3)15(19)7-16/h4-6,8H,7,9H2,1-3H3. The lowest BCUT2D eigenvalue weighted by Gasteiger charge is -2.11. The number of carbonyl (C=O) groups is 1. The SMILES string of the molecule is Cc1cnccc1Cn1c(C)cc(C(=O)CCl)c1C. The van der Waals surface area contributed by atoms with Crippen molar-refractivity contribution >= 4 is 17.4 Å². The van der Waals surface area contributed by atoms with Gasteiger partial charge in [0, 0.05) is 35.9 Å². The second-order valence-electron chi connectivity index (χ2n) is 4.73. The van der Waals surface area contributed by atoms with Gasteiger partial charge in [-0.2, -0.15) is 0 Å². The van der Waals surface area contributed by atoms with Crippen molar-refractivity contribution in [2.45, 2.75) is 27.3 Å². The van der Waals surface area contributed by atoms with E-state index < -0.39 is 0 Å². The number of ketones is 1.